The van der Waals surface area contributed by atoms with Gasteiger partial charge in [-0.1, -0.05) is 156 Å². The number of unbranched alkanes of at least 4 members (excludes halogenated alkanes) is 21. The number of rotatable bonds is 32. The summed E-state index contributed by atoms with van der Waals surface area (Å²) in [7, 11) is 0. The molecule has 1 aromatic rings. The molecule has 0 saturated heterocycles. The fourth-order valence-electron chi connectivity index (χ4n) is 5.51. The van der Waals surface area contributed by atoms with Gasteiger partial charge in [-0.3, -0.25) is 4.79 Å². The van der Waals surface area contributed by atoms with E-state index in [4.69, 9.17) is 14.2 Å². The topological polar surface area (TPSA) is 65.0 Å². The molecule has 0 atom stereocenters. The highest BCUT2D eigenvalue weighted by atomic mass is 16.5. The summed E-state index contributed by atoms with van der Waals surface area (Å²) in [5.74, 6) is 1.06. The van der Waals surface area contributed by atoms with Crippen molar-refractivity contribution in [1.82, 2.24) is 0 Å². The van der Waals surface area contributed by atoms with Gasteiger partial charge in [-0.15, -0.1) is 0 Å². The molecule has 1 aromatic carbocycles. The number of carboxylic acids is 1. The van der Waals surface area contributed by atoms with Crippen LogP contribution in [0.3, 0.4) is 0 Å². The Kier molecular flexibility index (Phi) is 26.2. The summed E-state index contributed by atoms with van der Waals surface area (Å²) in [5.41, 5.74) is 0.698. The van der Waals surface area contributed by atoms with E-state index in [0.29, 0.717) is 42.6 Å². The number of carbonyl (C=O) groups is 1. The zero-order valence-electron chi connectivity index (χ0n) is 28.5. The molecule has 0 aliphatic heterocycles. The average molecular weight is 605 g/mol. The summed E-state index contributed by atoms with van der Waals surface area (Å²) in [6.07, 6.45) is 29.8. The van der Waals surface area contributed by atoms with E-state index in [2.05, 4.69) is 20.8 Å². The zero-order chi connectivity index (χ0) is 31.2. The van der Waals surface area contributed by atoms with E-state index in [1.54, 1.807) is 0 Å². The van der Waals surface area contributed by atoms with Crippen molar-refractivity contribution in [2.24, 2.45) is 0 Å². The van der Waals surface area contributed by atoms with E-state index in [1.165, 1.54) is 116 Å². The molecule has 0 aromatic heterocycles. The van der Waals surface area contributed by atoms with E-state index < -0.39 is 5.97 Å². The Labute approximate surface area is 265 Å². The van der Waals surface area contributed by atoms with Crippen LogP contribution in [0.25, 0.3) is 0 Å². The Morgan fingerprint density at radius 3 is 1.12 bits per heavy atom. The third kappa shape index (κ3) is 22.3. The maximum atomic E-state index is 11.6. The van der Waals surface area contributed by atoms with Gasteiger partial charge in [0.15, 0.2) is 11.5 Å². The number of hydrogen-bond acceptors (Lipinski definition) is 4. The quantitative estimate of drug-likeness (QED) is 0.0829. The average Bonchev–Trinajstić information content (AvgIpc) is 2.99. The lowest BCUT2D eigenvalue weighted by atomic mass is 10.1. The number of aliphatic carboxylic acids is 1. The summed E-state index contributed by atoms with van der Waals surface area (Å²) in [5, 5.41) is 9.50. The molecule has 0 heterocycles. The van der Waals surface area contributed by atoms with Gasteiger partial charge in [-0.05, 0) is 37.0 Å². The second-order valence-corrected chi connectivity index (χ2v) is 12.5. The molecule has 5 nitrogen and oxygen atoms in total. The van der Waals surface area contributed by atoms with Crippen LogP contribution in [0, 0.1) is 0 Å². The van der Waals surface area contributed by atoms with Crippen molar-refractivity contribution in [3.05, 3.63) is 17.7 Å². The van der Waals surface area contributed by atoms with Gasteiger partial charge < -0.3 is 19.3 Å². The van der Waals surface area contributed by atoms with Crippen molar-refractivity contribution in [1.29, 1.82) is 0 Å². The Hall–Kier alpha value is -1.91. The van der Waals surface area contributed by atoms with Gasteiger partial charge >= 0.3 is 5.97 Å². The number of carboxylic acid groups (broad SMARTS) is 1. The minimum Gasteiger partial charge on any atom is -0.490 e. The van der Waals surface area contributed by atoms with Gasteiger partial charge in [0.2, 0.25) is 5.75 Å². The highest BCUT2D eigenvalue weighted by molar-refractivity contribution is 5.71. The van der Waals surface area contributed by atoms with Gasteiger partial charge in [-0.2, -0.15) is 0 Å². The predicted molar refractivity (Wildman–Crippen MR) is 182 cm³/mol. The van der Waals surface area contributed by atoms with E-state index in [1.807, 2.05) is 12.1 Å². The van der Waals surface area contributed by atoms with E-state index in [-0.39, 0.29) is 6.42 Å². The molecule has 0 saturated carbocycles. The van der Waals surface area contributed by atoms with Crippen molar-refractivity contribution in [3.63, 3.8) is 0 Å². The maximum Gasteiger partial charge on any atom is 0.307 e. The molecule has 0 bridgehead atoms. The lowest BCUT2D eigenvalue weighted by molar-refractivity contribution is -0.136. The maximum absolute atomic E-state index is 11.6. The smallest absolute Gasteiger partial charge is 0.307 e. The molecule has 0 radical (unpaired) electrons. The van der Waals surface area contributed by atoms with E-state index in [9.17, 15) is 9.90 Å². The fourth-order valence-corrected chi connectivity index (χ4v) is 5.51. The first-order valence-electron chi connectivity index (χ1n) is 18.4. The molecule has 0 aliphatic carbocycles. The van der Waals surface area contributed by atoms with Crippen LogP contribution in [0.2, 0.25) is 0 Å². The number of benzene rings is 1. The molecule has 250 valence electrons. The Morgan fingerprint density at radius 1 is 0.488 bits per heavy atom. The van der Waals surface area contributed by atoms with E-state index in [0.717, 1.165) is 38.5 Å². The first kappa shape index (κ1) is 39.1. The first-order valence-corrected chi connectivity index (χ1v) is 18.4. The van der Waals surface area contributed by atoms with Crippen LogP contribution in [-0.2, 0) is 11.2 Å². The van der Waals surface area contributed by atoms with Crippen molar-refractivity contribution in [3.8, 4) is 17.2 Å². The van der Waals surface area contributed by atoms with Crippen molar-refractivity contribution in [2.75, 3.05) is 19.8 Å². The monoisotopic (exact) mass is 605 g/mol. The van der Waals surface area contributed by atoms with Gasteiger partial charge in [0.25, 0.3) is 0 Å². The number of hydrogen-bond donors (Lipinski definition) is 1. The van der Waals surface area contributed by atoms with Crippen molar-refractivity contribution < 1.29 is 24.1 Å². The molecule has 0 aliphatic rings. The van der Waals surface area contributed by atoms with Crippen LogP contribution in [0.1, 0.15) is 180 Å². The molecule has 0 amide bonds. The van der Waals surface area contributed by atoms with Crippen LogP contribution in [0.5, 0.6) is 17.2 Å². The van der Waals surface area contributed by atoms with Crippen LogP contribution in [-0.4, -0.2) is 30.9 Å². The second-order valence-electron chi connectivity index (χ2n) is 12.5. The van der Waals surface area contributed by atoms with Gasteiger partial charge in [-0.25, -0.2) is 0 Å². The minimum atomic E-state index is -0.851. The summed E-state index contributed by atoms with van der Waals surface area (Å²) < 4.78 is 18.9. The van der Waals surface area contributed by atoms with Crippen LogP contribution in [0.4, 0.5) is 0 Å². The molecule has 1 rings (SSSR count). The highest BCUT2D eigenvalue weighted by Crippen LogP contribution is 2.40. The fraction of sp³-hybridized carbons (Fsp3) is 0.816. The second kappa shape index (κ2) is 28.8. The predicted octanol–water partition coefficient (Wildman–Crippen LogP) is 11.9. The molecule has 0 spiro atoms. The lowest BCUT2D eigenvalue weighted by Crippen LogP contribution is -2.08. The van der Waals surface area contributed by atoms with Crippen molar-refractivity contribution in [2.45, 2.75) is 181 Å². The van der Waals surface area contributed by atoms with Crippen LogP contribution >= 0.6 is 0 Å². The summed E-state index contributed by atoms with van der Waals surface area (Å²) in [6, 6.07) is 3.70. The Bertz CT molecular complexity index is 735. The summed E-state index contributed by atoms with van der Waals surface area (Å²) in [6.45, 7) is 8.60. The van der Waals surface area contributed by atoms with Gasteiger partial charge in [0, 0.05) is 0 Å². The lowest BCUT2D eigenvalue weighted by Gasteiger charge is -2.19. The number of ether oxygens (including phenoxy) is 3. The molecule has 43 heavy (non-hydrogen) atoms. The van der Waals surface area contributed by atoms with Gasteiger partial charge in [0.05, 0.1) is 26.2 Å². The molecule has 0 unspecified atom stereocenters. The minimum absolute atomic E-state index is 0.0550. The normalized spacial score (nSPS) is 11.1. The Morgan fingerprint density at radius 2 is 0.791 bits per heavy atom. The van der Waals surface area contributed by atoms with Crippen LogP contribution in [0.15, 0.2) is 12.1 Å². The Balaban J connectivity index is 2.74. The van der Waals surface area contributed by atoms with Gasteiger partial charge in [0.1, 0.15) is 0 Å². The molecule has 0 fully saturated rings. The third-order valence-electron chi connectivity index (χ3n) is 8.19. The molecule has 1 N–H and O–H groups in total. The summed E-state index contributed by atoms with van der Waals surface area (Å²) >= 11 is 0. The van der Waals surface area contributed by atoms with Crippen LogP contribution < -0.4 is 14.2 Å². The first-order chi connectivity index (χ1) is 21.1. The highest BCUT2D eigenvalue weighted by Gasteiger charge is 2.17. The zero-order valence-corrected chi connectivity index (χ0v) is 28.5. The SMILES string of the molecule is CCCCCCCCCCOc1cc(CC(=O)O)cc(OCCCCCCCCCC)c1OCCCCCCCCCC. The van der Waals surface area contributed by atoms with Crippen molar-refractivity contribution >= 4 is 5.97 Å². The summed E-state index contributed by atoms with van der Waals surface area (Å²) in [4.78, 5) is 11.6. The largest absolute Gasteiger partial charge is 0.490 e. The van der Waals surface area contributed by atoms with E-state index >= 15 is 0 Å². The third-order valence-corrected chi connectivity index (χ3v) is 8.19. The standard InChI is InChI=1S/C38H68O5/c1-4-7-10-13-16-19-22-25-28-41-35-31-34(33-37(39)40)32-36(42-29-26-23-20-17-14-11-8-5-2)38(35)43-30-27-24-21-18-15-12-9-6-3/h31-32H,4-30,33H2,1-3H3,(H,39,40). The molecule has 5 heteroatoms. The molecular weight excluding hydrogens is 536 g/mol. The molecular formula is C38H68O5.